The highest BCUT2D eigenvalue weighted by molar-refractivity contribution is 6.42. The van der Waals surface area contributed by atoms with E-state index in [1.165, 1.54) is 0 Å². The summed E-state index contributed by atoms with van der Waals surface area (Å²) >= 11 is 12.0. The van der Waals surface area contributed by atoms with Gasteiger partial charge in [-0.3, -0.25) is 9.59 Å². The average molecular weight is 373 g/mol. The Morgan fingerprint density at radius 3 is 2.33 bits per heavy atom. The summed E-state index contributed by atoms with van der Waals surface area (Å²) in [6, 6.07) is 4.76. The number of halogens is 2. The molecule has 1 unspecified atom stereocenters. The second-order valence-corrected chi connectivity index (χ2v) is 7.00. The van der Waals surface area contributed by atoms with Crippen molar-refractivity contribution in [2.24, 2.45) is 5.92 Å². The van der Waals surface area contributed by atoms with Gasteiger partial charge in [0.15, 0.2) is 0 Å². The third kappa shape index (κ3) is 5.99. The molecule has 0 radical (unpaired) electrons. The SMILES string of the molecule is CCC(=O)N(Cc1ccc(Cl)c(Cl)c1)C(CC)C(=O)NCC(C)C. The minimum atomic E-state index is -0.495. The molecule has 1 rings (SSSR count). The zero-order valence-electron chi connectivity index (χ0n) is 14.7. The molecule has 4 nitrogen and oxygen atoms in total. The van der Waals surface area contributed by atoms with Crippen LogP contribution in [0.4, 0.5) is 0 Å². The molecule has 0 aliphatic heterocycles. The van der Waals surface area contributed by atoms with E-state index >= 15 is 0 Å². The summed E-state index contributed by atoms with van der Waals surface area (Å²) in [4.78, 5) is 26.5. The number of benzene rings is 1. The fourth-order valence-electron chi connectivity index (χ4n) is 2.38. The molecule has 0 saturated carbocycles. The van der Waals surface area contributed by atoms with Crippen molar-refractivity contribution in [2.75, 3.05) is 6.54 Å². The molecule has 1 N–H and O–H groups in total. The van der Waals surface area contributed by atoms with Crippen LogP contribution < -0.4 is 5.32 Å². The van der Waals surface area contributed by atoms with Crippen LogP contribution in [0, 0.1) is 5.92 Å². The molecule has 0 aliphatic carbocycles. The van der Waals surface area contributed by atoms with Gasteiger partial charge in [0, 0.05) is 19.5 Å². The highest BCUT2D eigenvalue weighted by Crippen LogP contribution is 2.24. The van der Waals surface area contributed by atoms with Crippen LogP contribution in [0.5, 0.6) is 0 Å². The molecule has 0 aliphatic rings. The minimum Gasteiger partial charge on any atom is -0.354 e. The first-order chi connectivity index (χ1) is 11.3. The summed E-state index contributed by atoms with van der Waals surface area (Å²) in [7, 11) is 0. The first-order valence-electron chi connectivity index (χ1n) is 8.31. The number of carbonyl (C=O) groups excluding carboxylic acids is 2. The lowest BCUT2D eigenvalue weighted by molar-refractivity contribution is -0.141. The number of carbonyl (C=O) groups is 2. The molecule has 0 saturated heterocycles. The van der Waals surface area contributed by atoms with E-state index < -0.39 is 6.04 Å². The maximum atomic E-state index is 12.5. The summed E-state index contributed by atoms with van der Waals surface area (Å²) in [6.07, 6.45) is 0.895. The van der Waals surface area contributed by atoms with E-state index in [9.17, 15) is 9.59 Å². The molecule has 2 amide bonds. The number of hydrogen-bond donors (Lipinski definition) is 1. The van der Waals surface area contributed by atoms with Crippen molar-refractivity contribution >= 4 is 35.0 Å². The number of amides is 2. The van der Waals surface area contributed by atoms with Crippen LogP contribution in [0.3, 0.4) is 0 Å². The van der Waals surface area contributed by atoms with Gasteiger partial charge in [-0.15, -0.1) is 0 Å². The average Bonchev–Trinajstić information content (AvgIpc) is 2.55. The topological polar surface area (TPSA) is 49.4 Å². The van der Waals surface area contributed by atoms with Gasteiger partial charge in [-0.05, 0) is 30.0 Å². The van der Waals surface area contributed by atoms with Gasteiger partial charge in [0.2, 0.25) is 11.8 Å². The van der Waals surface area contributed by atoms with Crippen LogP contribution in [0.2, 0.25) is 10.0 Å². The number of nitrogens with one attached hydrogen (secondary N) is 1. The van der Waals surface area contributed by atoms with Crippen molar-refractivity contribution in [1.82, 2.24) is 10.2 Å². The predicted octanol–water partition coefficient (Wildman–Crippen LogP) is 4.28. The summed E-state index contributed by atoms with van der Waals surface area (Å²) in [6.45, 7) is 8.69. The molecule has 1 atom stereocenters. The smallest absolute Gasteiger partial charge is 0.242 e. The summed E-state index contributed by atoms with van der Waals surface area (Å²) in [5.41, 5.74) is 0.848. The van der Waals surface area contributed by atoms with E-state index in [0.717, 1.165) is 5.56 Å². The fraction of sp³-hybridized carbons (Fsp3) is 0.556. The minimum absolute atomic E-state index is 0.0624. The Kier molecular flexibility index (Phi) is 8.57. The standard InChI is InChI=1S/C18H26Cl2N2O2/c1-5-16(18(24)21-10-12(3)4)22(17(23)6-2)11-13-7-8-14(19)15(20)9-13/h7-9,12,16H,5-6,10-11H2,1-4H3,(H,21,24). The lowest BCUT2D eigenvalue weighted by atomic mass is 10.1. The summed E-state index contributed by atoms with van der Waals surface area (Å²) in [5.74, 6) is 0.178. The fourth-order valence-corrected chi connectivity index (χ4v) is 2.70. The van der Waals surface area contributed by atoms with Gasteiger partial charge in [0.1, 0.15) is 6.04 Å². The van der Waals surface area contributed by atoms with E-state index in [1.54, 1.807) is 24.0 Å². The van der Waals surface area contributed by atoms with Crippen molar-refractivity contribution in [3.8, 4) is 0 Å². The zero-order valence-corrected chi connectivity index (χ0v) is 16.2. The van der Waals surface area contributed by atoms with Crippen LogP contribution in [0.15, 0.2) is 18.2 Å². The largest absolute Gasteiger partial charge is 0.354 e. The van der Waals surface area contributed by atoms with Crippen LogP contribution >= 0.6 is 23.2 Å². The Hall–Kier alpha value is -1.26. The Morgan fingerprint density at radius 1 is 1.17 bits per heavy atom. The predicted molar refractivity (Wildman–Crippen MR) is 99.2 cm³/mol. The number of nitrogens with zero attached hydrogens (tertiary/aromatic N) is 1. The summed E-state index contributed by atoms with van der Waals surface area (Å²) in [5, 5.41) is 3.83. The van der Waals surface area contributed by atoms with E-state index in [0.29, 0.717) is 41.9 Å². The lowest BCUT2D eigenvalue weighted by Gasteiger charge is -2.30. The third-order valence-corrected chi connectivity index (χ3v) is 4.45. The molecule has 6 heteroatoms. The van der Waals surface area contributed by atoms with Gasteiger partial charge >= 0.3 is 0 Å². The highest BCUT2D eigenvalue weighted by atomic mass is 35.5. The molecule has 0 bridgehead atoms. The first-order valence-corrected chi connectivity index (χ1v) is 9.06. The van der Waals surface area contributed by atoms with Crippen LogP contribution in [0.1, 0.15) is 46.1 Å². The molecular weight excluding hydrogens is 347 g/mol. The third-order valence-electron chi connectivity index (χ3n) is 3.71. The van der Waals surface area contributed by atoms with E-state index in [1.807, 2.05) is 26.8 Å². The van der Waals surface area contributed by atoms with Crippen LogP contribution in [-0.2, 0) is 16.1 Å². The molecule has 1 aromatic rings. The Morgan fingerprint density at radius 2 is 1.83 bits per heavy atom. The number of hydrogen-bond acceptors (Lipinski definition) is 2. The molecular formula is C18H26Cl2N2O2. The molecule has 1 aromatic carbocycles. The van der Waals surface area contributed by atoms with Crippen molar-refractivity contribution in [3.05, 3.63) is 33.8 Å². The maximum Gasteiger partial charge on any atom is 0.242 e. The molecule has 134 valence electrons. The van der Waals surface area contributed by atoms with Crippen molar-refractivity contribution in [3.63, 3.8) is 0 Å². The monoisotopic (exact) mass is 372 g/mol. The normalized spacial score (nSPS) is 12.1. The van der Waals surface area contributed by atoms with Gasteiger partial charge in [0.25, 0.3) is 0 Å². The van der Waals surface area contributed by atoms with Gasteiger partial charge in [-0.2, -0.15) is 0 Å². The van der Waals surface area contributed by atoms with E-state index in [-0.39, 0.29) is 11.8 Å². The second-order valence-electron chi connectivity index (χ2n) is 6.19. The number of rotatable bonds is 8. The highest BCUT2D eigenvalue weighted by Gasteiger charge is 2.27. The van der Waals surface area contributed by atoms with E-state index in [4.69, 9.17) is 23.2 Å². The molecule has 0 heterocycles. The Bertz CT molecular complexity index is 576. The Balaban J connectivity index is 2.98. The van der Waals surface area contributed by atoms with Crippen LogP contribution in [0.25, 0.3) is 0 Å². The van der Waals surface area contributed by atoms with Crippen LogP contribution in [-0.4, -0.2) is 29.3 Å². The maximum absolute atomic E-state index is 12.5. The van der Waals surface area contributed by atoms with Crippen molar-refractivity contribution < 1.29 is 9.59 Å². The van der Waals surface area contributed by atoms with Gasteiger partial charge in [-0.25, -0.2) is 0 Å². The quantitative estimate of drug-likeness (QED) is 0.739. The second kappa shape index (κ2) is 9.90. The Labute approximate surface area is 154 Å². The van der Waals surface area contributed by atoms with Crippen molar-refractivity contribution in [2.45, 2.75) is 53.1 Å². The molecule has 24 heavy (non-hydrogen) atoms. The molecule has 0 aromatic heterocycles. The lowest BCUT2D eigenvalue weighted by Crippen LogP contribution is -2.49. The summed E-state index contributed by atoms with van der Waals surface area (Å²) < 4.78 is 0. The zero-order chi connectivity index (χ0) is 18.3. The van der Waals surface area contributed by atoms with Gasteiger partial charge in [0.05, 0.1) is 10.0 Å². The van der Waals surface area contributed by atoms with E-state index in [2.05, 4.69) is 5.32 Å². The van der Waals surface area contributed by atoms with Gasteiger partial charge in [-0.1, -0.05) is 57.0 Å². The molecule has 0 fully saturated rings. The van der Waals surface area contributed by atoms with Crippen molar-refractivity contribution in [1.29, 1.82) is 0 Å². The first kappa shape index (κ1) is 20.8. The van der Waals surface area contributed by atoms with Gasteiger partial charge < -0.3 is 10.2 Å². The molecule has 0 spiro atoms.